The Morgan fingerprint density at radius 2 is 1.27 bits per heavy atom. The molecular formula is C20H31N5O. The molecule has 0 aromatic carbocycles. The molecule has 0 bridgehead atoms. The van der Waals surface area contributed by atoms with Gasteiger partial charge in [0.15, 0.2) is 11.6 Å². The maximum absolute atomic E-state index is 12.6. The standard InChI is InChI=1S/C20H31N5O/c26-20(17-7-3-4-8-17)25-15-13-24(14-16-25)19-10-9-18(21-22-19)23-11-5-1-2-6-12-23/h9-10,17H,1-8,11-16H2. The van der Waals surface area contributed by atoms with Crippen LogP contribution in [0.15, 0.2) is 12.1 Å². The predicted molar refractivity (Wildman–Crippen MR) is 103 cm³/mol. The van der Waals surface area contributed by atoms with Crippen LogP contribution in [-0.4, -0.2) is 60.3 Å². The second kappa shape index (κ2) is 8.23. The second-order valence-corrected chi connectivity index (χ2v) is 7.94. The van der Waals surface area contributed by atoms with Gasteiger partial charge in [-0.05, 0) is 37.8 Å². The first kappa shape index (κ1) is 17.6. The minimum atomic E-state index is 0.286. The van der Waals surface area contributed by atoms with E-state index in [0.29, 0.717) is 5.91 Å². The Morgan fingerprint density at radius 1 is 0.731 bits per heavy atom. The van der Waals surface area contributed by atoms with Crippen LogP contribution >= 0.6 is 0 Å². The normalized spacial score (nSPS) is 22.5. The van der Waals surface area contributed by atoms with Gasteiger partial charge < -0.3 is 14.7 Å². The molecule has 0 atom stereocenters. The molecule has 1 aliphatic carbocycles. The summed E-state index contributed by atoms with van der Waals surface area (Å²) >= 11 is 0. The number of aromatic nitrogens is 2. The Morgan fingerprint density at radius 3 is 1.81 bits per heavy atom. The van der Waals surface area contributed by atoms with E-state index in [9.17, 15) is 4.79 Å². The molecule has 2 aliphatic heterocycles. The van der Waals surface area contributed by atoms with Gasteiger partial charge in [0.1, 0.15) is 0 Å². The molecule has 0 N–H and O–H groups in total. The molecule has 3 aliphatic rings. The number of rotatable bonds is 3. The third kappa shape index (κ3) is 3.94. The molecule has 6 nitrogen and oxygen atoms in total. The molecule has 3 fully saturated rings. The van der Waals surface area contributed by atoms with E-state index in [-0.39, 0.29) is 5.92 Å². The third-order valence-corrected chi connectivity index (χ3v) is 6.19. The molecule has 2 saturated heterocycles. The fourth-order valence-electron chi connectivity index (χ4n) is 4.54. The summed E-state index contributed by atoms with van der Waals surface area (Å²) < 4.78 is 0. The fraction of sp³-hybridized carbons (Fsp3) is 0.750. The van der Waals surface area contributed by atoms with Crippen LogP contribution in [-0.2, 0) is 4.79 Å². The fourth-order valence-corrected chi connectivity index (χ4v) is 4.54. The molecule has 26 heavy (non-hydrogen) atoms. The molecule has 1 saturated carbocycles. The highest BCUT2D eigenvalue weighted by atomic mass is 16.2. The van der Waals surface area contributed by atoms with Crippen LogP contribution in [0.1, 0.15) is 51.4 Å². The van der Waals surface area contributed by atoms with Crippen molar-refractivity contribution in [2.45, 2.75) is 51.4 Å². The van der Waals surface area contributed by atoms with E-state index < -0.39 is 0 Å². The summed E-state index contributed by atoms with van der Waals surface area (Å²) in [7, 11) is 0. The Bertz CT molecular complexity index is 583. The van der Waals surface area contributed by atoms with Gasteiger partial charge in [0.25, 0.3) is 0 Å². The topological polar surface area (TPSA) is 52.6 Å². The first-order valence-electron chi connectivity index (χ1n) is 10.4. The lowest BCUT2D eigenvalue weighted by molar-refractivity contribution is -0.135. The number of nitrogens with zero attached hydrogens (tertiary/aromatic N) is 5. The summed E-state index contributed by atoms with van der Waals surface area (Å²) in [6.07, 6.45) is 9.76. The van der Waals surface area contributed by atoms with Crippen molar-refractivity contribution in [2.75, 3.05) is 49.1 Å². The van der Waals surface area contributed by atoms with Crippen LogP contribution in [0, 0.1) is 5.92 Å². The van der Waals surface area contributed by atoms with E-state index in [2.05, 4.69) is 37.0 Å². The first-order valence-corrected chi connectivity index (χ1v) is 10.4. The second-order valence-electron chi connectivity index (χ2n) is 7.94. The quantitative estimate of drug-likeness (QED) is 0.832. The molecule has 4 rings (SSSR count). The van der Waals surface area contributed by atoms with Crippen LogP contribution in [0.2, 0.25) is 0 Å². The molecule has 6 heteroatoms. The summed E-state index contributed by atoms with van der Waals surface area (Å²) in [6.45, 7) is 5.52. The number of amides is 1. The van der Waals surface area contributed by atoms with Crippen molar-refractivity contribution in [3.8, 4) is 0 Å². The lowest BCUT2D eigenvalue weighted by Gasteiger charge is -2.36. The Hall–Kier alpha value is -1.85. The van der Waals surface area contributed by atoms with E-state index in [1.165, 1.54) is 38.5 Å². The van der Waals surface area contributed by atoms with Gasteiger partial charge >= 0.3 is 0 Å². The van der Waals surface area contributed by atoms with Gasteiger partial charge in [-0.3, -0.25) is 4.79 Å². The molecular weight excluding hydrogens is 326 g/mol. The minimum absolute atomic E-state index is 0.286. The van der Waals surface area contributed by atoms with Gasteiger partial charge in [-0.2, -0.15) is 0 Å². The van der Waals surface area contributed by atoms with Gasteiger partial charge in [0.2, 0.25) is 5.91 Å². The summed E-state index contributed by atoms with van der Waals surface area (Å²) in [4.78, 5) is 19.3. The highest BCUT2D eigenvalue weighted by molar-refractivity contribution is 5.79. The Balaban J connectivity index is 1.32. The number of anilines is 2. The largest absolute Gasteiger partial charge is 0.355 e. The first-order chi connectivity index (χ1) is 12.8. The average Bonchev–Trinajstić information content (AvgIpc) is 3.10. The van der Waals surface area contributed by atoms with Crippen molar-refractivity contribution in [3.63, 3.8) is 0 Å². The van der Waals surface area contributed by atoms with Gasteiger partial charge in [-0.25, -0.2) is 0 Å². The Kier molecular flexibility index (Phi) is 5.56. The van der Waals surface area contributed by atoms with Gasteiger partial charge in [0, 0.05) is 45.2 Å². The van der Waals surface area contributed by atoms with Crippen LogP contribution in [0.5, 0.6) is 0 Å². The SMILES string of the molecule is O=C(C1CCCC1)N1CCN(c2ccc(N3CCCCCC3)nn2)CC1. The highest BCUT2D eigenvalue weighted by Gasteiger charge is 2.29. The molecule has 1 aromatic rings. The van der Waals surface area contributed by atoms with Crippen molar-refractivity contribution in [2.24, 2.45) is 5.92 Å². The molecule has 0 unspecified atom stereocenters. The zero-order chi connectivity index (χ0) is 17.8. The average molecular weight is 358 g/mol. The van der Waals surface area contributed by atoms with Crippen LogP contribution in [0.25, 0.3) is 0 Å². The summed E-state index contributed by atoms with van der Waals surface area (Å²) in [5, 5.41) is 8.98. The lowest BCUT2D eigenvalue weighted by Crippen LogP contribution is -2.50. The number of hydrogen-bond acceptors (Lipinski definition) is 5. The van der Waals surface area contributed by atoms with Crippen molar-refractivity contribution < 1.29 is 4.79 Å². The maximum atomic E-state index is 12.6. The molecule has 3 heterocycles. The Labute approximate surface area is 156 Å². The van der Waals surface area contributed by atoms with Gasteiger partial charge in [-0.15, -0.1) is 10.2 Å². The molecule has 1 amide bonds. The minimum Gasteiger partial charge on any atom is -0.355 e. The van der Waals surface area contributed by atoms with E-state index in [1.54, 1.807) is 0 Å². The summed E-state index contributed by atoms with van der Waals surface area (Å²) in [5.41, 5.74) is 0. The van der Waals surface area contributed by atoms with Gasteiger partial charge in [-0.1, -0.05) is 25.7 Å². The third-order valence-electron chi connectivity index (χ3n) is 6.19. The predicted octanol–water partition coefficient (Wildman–Crippen LogP) is 2.70. The summed E-state index contributed by atoms with van der Waals surface area (Å²) in [5.74, 6) is 2.61. The van der Waals surface area contributed by atoms with E-state index in [0.717, 1.165) is 63.7 Å². The van der Waals surface area contributed by atoms with E-state index >= 15 is 0 Å². The lowest BCUT2D eigenvalue weighted by atomic mass is 10.1. The van der Waals surface area contributed by atoms with Crippen molar-refractivity contribution >= 4 is 17.5 Å². The zero-order valence-electron chi connectivity index (χ0n) is 15.8. The van der Waals surface area contributed by atoms with Crippen molar-refractivity contribution in [1.82, 2.24) is 15.1 Å². The number of piperazine rings is 1. The summed E-state index contributed by atoms with van der Waals surface area (Å²) in [6, 6.07) is 4.21. The zero-order valence-corrected chi connectivity index (χ0v) is 15.8. The van der Waals surface area contributed by atoms with E-state index in [4.69, 9.17) is 0 Å². The van der Waals surface area contributed by atoms with Crippen LogP contribution < -0.4 is 9.80 Å². The monoisotopic (exact) mass is 357 g/mol. The smallest absolute Gasteiger partial charge is 0.225 e. The van der Waals surface area contributed by atoms with Crippen molar-refractivity contribution in [3.05, 3.63) is 12.1 Å². The molecule has 0 spiro atoms. The molecule has 1 aromatic heterocycles. The number of carbonyl (C=O) groups is 1. The van der Waals surface area contributed by atoms with E-state index in [1.807, 2.05) is 0 Å². The van der Waals surface area contributed by atoms with Crippen molar-refractivity contribution in [1.29, 1.82) is 0 Å². The highest BCUT2D eigenvalue weighted by Crippen LogP contribution is 2.27. The maximum Gasteiger partial charge on any atom is 0.225 e. The van der Waals surface area contributed by atoms with Gasteiger partial charge in [0.05, 0.1) is 0 Å². The number of hydrogen-bond donors (Lipinski definition) is 0. The van der Waals surface area contributed by atoms with Crippen LogP contribution in [0.3, 0.4) is 0 Å². The molecule has 142 valence electrons. The number of carbonyl (C=O) groups excluding carboxylic acids is 1. The van der Waals surface area contributed by atoms with Crippen LogP contribution in [0.4, 0.5) is 11.6 Å². The molecule has 0 radical (unpaired) electrons.